The monoisotopic (exact) mass is 424 g/mol. The van der Waals surface area contributed by atoms with Crippen LogP contribution in [0.15, 0.2) is 48.5 Å². The molecule has 0 heterocycles. The Balaban J connectivity index is 1.73. The van der Waals surface area contributed by atoms with Gasteiger partial charge in [0, 0.05) is 18.0 Å². The Morgan fingerprint density at radius 3 is 2.36 bits per heavy atom. The zero-order chi connectivity index (χ0) is 20.6. The molecule has 0 spiro atoms. The number of anilines is 1. The normalized spacial score (nSPS) is 11.1. The molecule has 0 fully saturated rings. The van der Waals surface area contributed by atoms with Crippen molar-refractivity contribution in [2.24, 2.45) is 0 Å². The highest BCUT2D eigenvalue weighted by Crippen LogP contribution is 2.19. The number of rotatable bonds is 10. The molecule has 2 aromatic rings. The summed E-state index contributed by atoms with van der Waals surface area (Å²) < 4.78 is 30.9. The smallest absolute Gasteiger partial charge is 0.232 e. The first-order valence-electron chi connectivity index (χ1n) is 8.95. The van der Waals surface area contributed by atoms with Gasteiger partial charge in [-0.2, -0.15) is 0 Å². The van der Waals surface area contributed by atoms with Crippen LogP contribution >= 0.6 is 11.6 Å². The first-order valence-corrected chi connectivity index (χ1v) is 11.2. The molecule has 6 nitrogen and oxygen atoms in total. The highest BCUT2D eigenvalue weighted by Gasteiger charge is 2.17. The van der Waals surface area contributed by atoms with Gasteiger partial charge in [-0.05, 0) is 49.7 Å². The minimum absolute atomic E-state index is 0.142. The molecule has 8 heteroatoms. The number of nitrogens with zero attached hydrogens (tertiary/aromatic N) is 1. The molecule has 0 aromatic heterocycles. The lowest BCUT2D eigenvalue weighted by atomic mass is 10.2. The van der Waals surface area contributed by atoms with Gasteiger partial charge in [-0.3, -0.25) is 9.10 Å². The standard InChI is InChI=1S/C20H25ClN2O4S/c1-16-5-9-18(10-6-16)23(28(2,25)26)14-3-4-20(24)22-13-15-27-19-11-7-17(21)8-12-19/h5-12H,3-4,13-15H2,1-2H3,(H,22,24). The molecule has 0 bridgehead atoms. The Morgan fingerprint density at radius 1 is 1.11 bits per heavy atom. The maximum atomic E-state index is 12.1. The molecule has 0 aliphatic rings. The minimum Gasteiger partial charge on any atom is -0.492 e. The van der Waals surface area contributed by atoms with Crippen LogP contribution in [0.5, 0.6) is 5.75 Å². The fourth-order valence-corrected chi connectivity index (χ4v) is 3.65. The summed E-state index contributed by atoms with van der Waals surface area (Å²) in [6, 6.07) is 14.2. The minimum atomic E-state index is -3.41. The Kier molecular flexibility index (Phi) is 8.14. The van der Waals surface area contributed by atoms with Crippen molar-refractivity contribution in [1.82, 2.24) is 5.32 Å². The maximum Gasteiger partial charge on any atom is 0.232 e. The van der Waals surface area contributed by atoms with E-state index in [0.29, 0.717) is 36.0 Å². The average molecular weight is 425 g/mol. The molecule has 2 rings (SSSR count). The van der Waals surface area contributed by atoms with Gasteiger partial charge in [0.25, 0.3) is 0 Å². The zero-order valence-corrected chi connectivity index (χ0v) is 17.6. The molecule has 0 saturated heterocycles. The first kappa shape index (κ1) is 22.0. The van der Waals surface area contributed by atoms with E-state index >= 15 is 0 Å². The maximum absolute atomic E-state index is 12.1. The highest BCUT2D eigenvalue weighted by atomic mass is 35.5. The van der Waals surface area contributed by atoms with E-state index in [0.717, 1.165) is 5.56 Å². The van der Waals surface area contributed by atoms with Crippen LogP contribution in [0.4, 0.5) is 5.69 Å². The van der Waals surface area contributed by atoms with Crippen LogP contribution in [0, 0.1) is 6.92 Å². The summed E-state index contributed by atoms with van der Waals surface area (Å²) in [6.45, 7) is 2.90. The van der Waals surface area contributed by atoms with Crippen LogP contribution in [-0.2, 0) is 14.8 Å². The fraction of sp³-hybridized carbons (Fsp3) is 0.350. The number of carbonyl (C=O) groups is 1. The summed E-state index contributed by atoms with van der Waals surface area (Å²) in [6.07, 6.45) is 1.82. The van der Waals surface area contributed by atoms with E-state index in [9.17, 15) is 13.2 Å². The van der Waals surface area contributed by atoms with E-state index < -0.39 is 10.0 Å². The second-order valence-electron chi connectivity index (χ2n) is 6.43. The average Bonchev–Trinajstić information content (AvgIpc) is 2.64. The zero-order valence-electron chi connectivity index (χ0n) is 16.0. The Morgan fingerprint density at radius 2 is 1.75 bits per heavy atom. The summed E-state index contributed by atoms with van der Waals surface area (Å²) in [5.74, 6) is 0.539. The van der Waals surface area contributed by atoms with Crippen LogP contribution in [0.25, 0.3) is 0 Å². The largest absolute Gasteiger partial charge is 0.492 e. The molecule has 152 valence electrons. The van der Waals surface area contributed by atoms with Crippen molar-refractivity contribution in [3.05, 3.63) is 59.1 Å². The quantitative estimate of drug-likeness (QED) is 0.593. The second kappa shape index (κ2) is 10.3. The van der Waals surface area contributed by atoms with E-state index in [2.05, 4.69) is 5.32 Å². The van der Waals surface area contributed by atoms with Gasteiger partial charge in [0.2, 0.25) is 15.9 Å². The van der Waals surface area contributed by atoms with Gasteiger partial charge in [-0.25, -0.2) is 8.42 Å². The molecule has 2 aromatic carbocycles. The van der Waals surface area contributed by atoms with Crippen molar-refractivity contribution in [2.45, 2.75) is 19.8 Å². The third-order valence-electron chi connectivity index (χ3n) is 3.99. The van der Waals surface area contributed by atoms with Crippen molar-refractivity contribution in [2.75, 3.05) is 30.3 Å². The Hall–Kier alpha value is -2.25. The lowest BCUT2D eigenvalue weighted by Gasteiger charge is -2.22. The Labute approximate surface area is 171 Å². The van der Waals surface area contributed by atoms with Crippen molar-refractivity contribution < 1.29 is 17.9 Å². The second-order valence-corrected chi connectivity index (χ2v) is 8.77. The molecule has 0 unspecified atom stereocenters. The van der Waals surface area contributed by atoms with E-state index in [-0.39, 0.29) is 18.9 Å². The summed E-state index contributed by atoms with van der Waals surface area (Å²) in [5.41, 5.74) is 1.65. The number of ether oxygens (including phenoxy) is 1. The Bertz CT molecular complexity index is 868. The van der Waals surface area contributed by atoms with E-state index in [1.165, 1.54) is 10.6 Å². The molecular formula is C20H25ClN2O4S. The van der Waals surface area contributed by atoms with Gasteiger partial charge in [-0.15, -0.1) is 0 Å². The highest BCUT2D eigenvalue weighted by molar-refractivity contribution is 7.92. The fourth-order valence-electron chi connectivity index (χ4n) is 2.56. The summed E-state index contributed by atoms with van der Waals surface area (Å²) in [7, 11) is -3.41. The number of benzene rings is 2. The number of nitrogens with one attached hydrogen (secondary N) is 1. The van der Waals surface area contributed by atoms with Crippen molar-refractivity contribution in [3.8, 4) is 5.75 Å². The third-order valence-corrected chi connectivity index (χ3v) is 5.44. The predicted octanol–water partition coefficient (Wildman–Crippen LogP) is 3.39. The van der Waals surface area contributed by atoms with Crippen molar-refractivity contribution in [3.63, 3.8) is 0 Å². The molecule has 0 radical (unpaired) electrons. The van der Waals surface area contributed by atoms with Gasteiger partial charge in [0.1, 0.15) is 12.4 Å². The van der Waals surface area contributed by atoms with Crippen LogP contribution in [0.3, 0.4) is 0 Å². The van der Waals surface area contributed by atoms with Gasteiger partial charge >= 0.3 is 0 Å². The van der Waals surface area contributed by atoms with Crippen LogP contribution in [0.1, 0.15) is 18.4 Å². The number of hydrogen-bond acceptors (Lipinski definition) is 4. The third kappa shape index (κ3) is 7.40. The lowest BCUT2D eigenvalue weighted by molar-refractivity contribution is -0.121. The number of carbonyl (C=O) groups excluding carboxylic acids is 1. The SMILES string of the molecule is Cc1ccc(N(CCCC(=O)NCCOc2ccc(Cl)cc2)S(C)(=O)=O)cc1. The lowest BCUT2D eigenvalue weighted by Crippen LogP contribution is -2.32. The molecule has 1 amide bonds. The van der Waals surface area contributed by atoms with Crippen molar-refractivity contribution >= 4 is 33.2 Å². The van der Waals surface area contributed by atoms with Gasteiger partial charge < -0.3 is 10.1 Å². The molecule has 0 aliphatic heterocycles. The van der Waals surface area contributed by atoms with Gasteiger partial charge in [-0.1, -0.05) is 29.3 Å². The molecule has 0 atom stereocenters. The number of aryl methyl sites for hydroxylation is 1. The molecular weight excluding hydrogens is 400 g/mol. The van der Waals surface area contributed by atoms with Crippen LogP contribution in [0.2, 0.25) is 5.02 Å². The van der Waals surface area contributed by atoms with Gasteiger partial charge in [0.15, 0.2) is 0 Å². The first-order chi connectivity index (χ1) is 13.3. The van der Waals surface area contributed by atoms with E-state index in [4.69, 9.17) is 16.3 Å². The number of sulfonamides is 1. The summed E-state index contributed by atoms with van der Waals surface area (Å²) in [4.78, 5) is 12.0. The number of halogens is 1. The topological polar surface area (TPSA) is 75.7 Å². The molecule has 1 N–H and O–H groups in total. The summed E-state index contributed by atoms with van der Waals surface area (Å²) >= 11 is 5.81. The van der Waals surface area contributed by atoms with E-state index in [1.54, 1.807) is 36.4 Å². The van der Waals surface area contributed by atoms with Crippen LogP contribution < -0.4 is 14.4 Å². The number of amides is 1. The van der Waals surface area contributed by atoms with Gasteiger partial charge in [0.05, 0.1) is 18.5 Å². The summed E-state index contributed by atoms with van der Waals surface area (Å²) in [5, 5.41) is 3.40. The number of hydrogen-bond donors (Lipinski definition) is 1. The molecule has 0 aliphatic carbocycles. The van der Waals surface area contributed by atoms with E-state index in [1.807, 2.05) is 19.1 Å². The predicted molar refractivity (Wildman–Crippen MR) is 113 cm³/mol. The van der Waals surface area contributed by atoms with Crippen molar-refractivity contribution in [1.29, 1.82) is 0 Å². The van der Waals surface area contributed by atoms with Crippen LogP contribution in [-0.4, -0.2) is 40.3 Å². The molecule has 28 heavy (non-hydrogen) atoms. The molecule has 0 saturated carbocycles.